The lowest BCUT2D eigenvalue weighted by atomic mass is 10.1. The molecular formula is C21H29ClN2O2. The number of aromatic nitrogens is 2. The molecule has 5 heteroatoms. The Morgan fingerprint density at radius 2 is 1.81 bits per heavy atom. The summed E-state index contributed by atoms with van der Waals surface area (Å²) in [6, 6.07) is 7.96. The van der Waals surface area contributed by atoms with Gasteiger partial charge >= 0.3 is 5.97 Å². The van der Waals surface area contributed by atoms with Gasteiger partial charge in [0, 0.05) is 24.5 Å². The number of nitrogens with zero attached hydrogens (tertiary/aromatic N) is 2. The molecule has 0 saturated heterocycles. The summed E-state index contributed by atoms with van der Waals surface area (Å²) < 4.78 is 2.20. The molecule has 1 aromatic carbocycles. The molecule has 0 radical (unpaired) electrons. The summed E-state index contributed by atoms with van der Waals surface area (Å²) in [4.78, 5) is 14.9. The lowest BCUT2D eigenvalue weighted by molar-refractivity contribution is -0.131. The smallest absolute Gasteiger partial charge is 0.328 e. The number of imidazole rings is 1. The number of unbranched alkanes of at least 4 members (excludes halogenated alkanes) is 5. The van der Waals surface area contributed by atoms with Gasteiger partial charge in [0.2, 0.25) is 0 Å². The minimum absolute atomic E-state index is 0. The highest BCUT2D eigenvalue weighted by Gasteiger charge is 2.03. The molecule has 0 bridgehead atoms. The van der Waals surface area contributed by atoms with Gasteiger partial charge in [-0.3, -0.25) is 0 Å². The monoisotopic (exact) mass is 376 g/mol. The summed E-state index contributed by atoms with van der Waals surface area (Å²) in [5.74, 6) is -0.929. The Kier molecular flexibility index (Phi) is 10.4. The first-order chi connectivity index (χ1) is 12.2. The highest BCUT2D eigenvalue weighted by atomic mass is 35.5. The minimum Gasteiger partial charge on any atom is -0.478 e. The van der Waals surface area contributed by atoms with Gasteiger partial charge in [0.25, 0.3) is 0 Å². The van der Waals surface area contributed by atoms with Crippen LogP contribution in [0.3, 0.4) is 0 Å². The number of carboxylic acids is 1. The van der Waals surface area contributed by atoms with Gasteiger partial charge in [-0.25, -0.2) is 9.78 Å². The number of carboxylic acid groups (broad SMARTS) is 1. The van der Waals surface area contributed by atoms with Crippen molar-refractivity contribution >= 4 is 24.5 Å². The second-order valence-corrected chi connectivity index (χ2v) is 6.44. The zero-order chi connectivity index (χ0) is 17.9. The van der Waals surface area contributed by atoms with E-state index in [1.807, 2.05) is 36.8 Å². The topological polar surface area (TPSA) is 55.1 Å². The largest absolute Gasteiger partial charge is 0.478 e. The highest BCUT2D eigenvalue weighted by molar-refractivity contribution is 5.85. The van der Waals surface area contributed by atoms with Crippen LogP contribution in [0.25, 0.3) is 6.08 Å². The molecule has 0 aliphatic heterocycles. The fraction of sp³-hybridized carbons (Fsp3) is 0.429. The van der Waals surface area contributed by atoms with Crippen LogP contribution in [0.4, 0.5) is 0 Å². The molecule has 0 saturated carbocycles. The van der Waals surface area contributed by atoms with Crippen LogP contribution < -0.4 is 0 Å². The number of carbonyl (C=O) groups is 1. The van der Waals surface area contributed by atoms with Gasteiger partial charge in [0.1, 0.15) is 0 Å². The maximum Gasteiger partial charge on any atom is 0.328 e. The minimum atomic E-state index is -0.929. The normalized spacial score (nSPS) is 10.8. The summed E-state index contributed by atoms with van der Waals surface area (Å²) in [5.41, 5.74) is 3.36. The van der Waals surface area contributed by atoms with Crippen LogP contribution in [-0.2, 0) is 17.8 Å². The molecule has 0 unspecified atom stereocenters. The van der Waals surface area contributed by atoms with Gasteiger partial charge in [0.05, 0.1) is 6.33 Å². The van der Waals surface area contributed by atoms with E-state index in [9.17, 15) is 4.79 Å². The van der Waals surface area contributed by atoms with Crippen molar-refractivity contribution in [2.45, 2.75) is 58.4 Å². The first-order valence-corrected chi connectivity index (χ1v) is 9.18. The molecule has 2 aromatic rings. The Labute approximate surface area is 162 Å². The van der Waals surface area contributed by atoms with E-state index in [1.165, 1.54) is 49.8 Å². The standard InChI is InChI=1S/C21H28N2O2.ClH/c1-2-3-4-5-6-7-8-20-15-22-17-23(20)16-19-11-9-18(10-12-19)13-14-21(24)25;/h9-15,17H,2-8,16H2,1H3,(H,24,25);1H. The Hall–Kier alpha value is -2.07. The van der Waals surface area contributed by atoms with Crippen molar-refractivity contribution in [2.24, 2.45) is 0 Å². The third-order valence-corrected chi connectivity index (χ3v) is 4.34. The SMILES string of the molecule is CCCCCCCCc1cncn1Cc1ccc(C=CC(=O)O)cc1.Cl. The summed E-state index contributed by atoms with van der Waals surface area (Å²) in [6.07, 6.45) is 15.5. The van der Waals surface area contributed by atoms with Crippen molar-refractivity contribution in [3.8, 4) is 0 Å². The second kappa shape index (κ2) is 12.3. The molecule has 0 aliphatic rings. The predicted molar refractivity (Wildman–Crippen MR) is 109 cm³/mol. The summed E-state index contributed by atoms with van der Waals surface area (Å²) in [5, 5.41) is 8.67. The highest BCUT2D eigenvalue weighted by Crippen LogP contribution is 2.13. The predicted octanol–water partition coefficient (Wildman–Crippen LogP) is 5.35. The van der Waals surface area contributed by atoms with Gasteiger partial charge in [-0.1, -0.05) is 63.3 Å². The van der Waals surface area contributed by atoms with Crippen LogP contribution >= 0.6 is 12.4 Å². The van der Waals surface area contributed by atoms with Gasteiger partial charge < -0.3 is 9.67 Å². The summed E-state index contributed by atoms with van der Waals surface area (Å²) >= 11 is 0. The summed E-state index contributed by atoms with van der Waals surface area (Å²) in [6.45, 7) is 3.04. The number of rotatable bonds is 11. The van der Waals surface area contributed by atoms with Crippen molar-refractivity contribution < 1.29 is 9.90 Å². The zero-order valence-electron chi connectivity index (χ0n) is 15.4. The molecule has 0 amide bonds. The maximum atomic E-state index is 10.6. The van der Waals surface area contributed by atoms with Crippen molar-refractivity contribution in [1.29, 1.82) is 0 Å². The van der Waals surface area contributed by atoms with Gasteiger partial charge in [-0.15, -0.1) is 12.4 Å². The van der Waals surface area contributed by atoms with E-state index >= 15 is 0 Å². The van der Waals surface area contributed by atoms with E-state index in [4.69, 9.17) is 5.11 Å². The average Bonchev–Trinajstić information content (AvgIpc) is 3.04. The summed E-state index contributed by atoms with van der Waals surface area (Å²) in [7, 11) is 0. The van der Waals surface area contributed by atoms with Crippen LogP contribution in [0.2, 0.25) is 0 Å². The van der Waals surface area contributed by atoms with Crippen LogP contribution in [0.1, 0.15) is 62.3 Å². The van der Waals surface area contributed by atoms with Crippen LogP contribution in [0.15, 0.2) is 42.9 Å². The van der Waals surface area contributed by atoms with E-state index in [2.05, 4.69) is 16.5 Å². The average molecular weight is 377 g/mol. The van der Waals surface area contributed by atoms with Gasteiger partial charge in [-0.05, 0) is 30.0 Å². The van der Waals surface area contributed by atoms with Crippen molar-refractivity contribution in [2.75, 3.05) is 0 Å². The first kappa shape index (κ1) is 22.0. The fourth-order valence-electron chi connectivity index (χ4n) is 2.88. The third-order valence-electron chi connectivity index (χ3n) is 4.34. The van der Waals surface area contributed by atoms with Crippen LogP contribution in [0.5, 0.6) is 0 Å². The molecule has 0 spiro atoms. The molecule has 26 heavy (non-hydrogen) atoms. The van der Waals surface area contributed by atoms with E-state index in [1.54, 1.807) is 6.08 Å². The van der Waals surface area contributed by atoms with Crippen molar-refractivity contribution in [3.63, 3.8) is 0 Å². The number of aliphatic carboxylic acids is 1. The Morgan fingerprint density at radius 3 is 2.50 bits per heavy atom. The van der Waals surface area contributed by atoms with Crippen LogP contribution in [-0.4, -0.2) is 20.6 Å². The zero-order valence-corrected chi connectivity index (χ0v) is 16.3. The van der Waals surface area contributed by atoms with Crippen molar-refractivity contribution in [3.05, 3.63) is 59.7 Å². The molecule has 2 rings (SSSR count). The van der Waals surface area contributed by atoms with E-state index < -0.39 is 5.97 Å². The first-order valence-electron chi connectivity index (χ1n) is 9.18. The molecule has 1 aromatic heterocycles. The van der Waals surface area contributed by atoms with Gasteiger partial charge in [-0.2, -0.15) is 0 Å². The molecular weight excluding hydrogens is 348 g/mol. The lowest BCUT2D eigenvalue weighted by Gasteiger charge is -2.09. The number of aryl methyl sites for hydroxylation is 1. The molecule has 1 heterocycles. The molecule has 142 valence electrons. The second-order valence-electron chi connectivity index (χ2n) is 6.44. The molecule has 4 nitrogen and oxygen atoms in total. The Balaban J connectivity index is 0.00000338. The fourth-order valence-corrected chi connectivity index (χ4v) is 2.88. The van der Waals surface area contributed by atoms with E-state index in [0.29, 0.717) is 0 Å². The molecule has 0 fully saturated rings. The number of halogens is 1. The van der Waals surface area contributed by atoms with Gasteiger partial charge in [0.15, 0.2) is 0 Å². The quantitative estimate of drug-likeness (QED) is 0.424. The van der Waals surface area contributed by atoms with Crippen molar-refractivity contribution in [1.82, 2.24) is 9.55 Å². The number of hydrogen-bond acceptors (Lipinski definition) is 2. The molecule has 0 aliphatic carbocycles. The molecule has 1 N–H and O–H groups in total. The number of hydrogen-bond donors (Lipinski definition) is 1. The van der Waals surface area contributed by atoms with E-state index in [-0.39, 0.29) is 12.4 Å². The molecule has 0 atom stereocenters. The van der Waals surface area contributed by atoms with Crippen LogP contribution in [0, 0.1) is 0 Å². The maximum absolute atomic E-state index is 10.6. The lowest BCUT2D eigenvalue weighted by Crippen LogP contribution is -2.03. The third kappa shape index (κ3) is 7.87. The number of benzene rings is 1. The van der Waals surface area contributed by atoms with E-state index in [0.717, 1.165) is 24.6 Å². The Bertz CT molecular complexity index is 678. The Morgan fingerprint density at radius 1 is 1.12 bits per heavy atom.